The summed E-state index contributed by atoms with van der Waals surface area (Å²) in [6.07, 6.45) is 4.55. The molecule has 0 saturated carbocycles. The van der Waals surface area contributed by atoms with E-state index in [1.165, 1.54) is 22.5 Å². The third-order valence-corrected chi connectivity index (χ3v) is 7.76. The first-order chi connectivity index (χ1) is 14.9. The van der Waals surface area contributed by atoms with Crippen LogP contribution in [0.5, 0.6) is 0 Å². The molecule has 8 heteroatoms. The lowest BCUT2D eigenvalue weighted by molar-refractivity contribution is 0.0953. The van der Waals surface area contributed by atoms with Crippen LogP contribution in [-0.4, -0.2) is 51.9 Å². The predicted molar refractivity (Wildman–Crippen MR) is 125 cm³/mol. The minimum absolute atomic E-state index is 0.118. The Bertz CT molecular complexity index is 975. The molecule has 1 aliphatic rings. The third kappa shape index (κ3) is 6.21. The fraction of sp³-hybridized carbons (Fsp3) is 0.435. The second-order valence-corrected chi connectivity index (χ2v) is 10.2. The van der Waals surface area contributed by atoms with Gasteiger partial charge in [0.05, 0.1) is 15.5 Å². The number of carbonyl (C=O) groups is 1. The van der Waals surface area contributed by atoms with Crippen LogP contribution in [0.25, 0.3) is 0 Å². The maximum absolute atomic E-state index is 13.0. The van der Waals surface area contributed by atoms with Crippen LogP contribution in [0, 0.1) is 0 Å². The van der Waals surface area contributed by atoms with E-state index in [2.05, 4.69) is 10.2 Å². The number of hydrogen-bond acceptors (Lipinski definition) is 4. The third-order valence-electron chi connectivity index (χ3n) is 5.54. The molecule has 1 saturated heterocycles. The Morgan fingerprint density at radius 1 is 1.06 bits per heavy atom. The largest absolute Gasteiger partial charge is 0.375 e. The first kappa shape index (κ1) is 23.6. The Morgan fingerprint density at radius 3 is 2.42 bits per heavy atom. The van der Waals surface area contributed by atoms with Crippen LogP contribution in [-0.2, 0) is 10.0 Å². The highest BCUT2D eigenvalue weighted by Gasteiger charge is 2.26. The predicted octanol–water partition coefficient (Wildman–Crippen LogP) is 4.16. The van der Waals surface area contributed by atoms with Gasteiger partial charge in [0, 0.05) is 38.9 Å². The van der Waals surface area contributed by atoms with Gasteiger partial charge in [-0.3, -0.25) is 4.79 Å². The lowest BCUT2D eigenvalue weighted by Crippen LogP contribution is -2.32. The van der Waals surface area contributed by atoms with Crippen molar-refractivity contribution in [3.05, 3.63) is 59.1 Å². The van der Waals surface area contributed by atoms with E-state index < -0.39 is 10.0 Å². The van der Waals surface area contributed by atoms with E-state index in [1.807, 2.05) is 37.4 Å². The Labute approximate surface area is 190 Å². The van der Waals surface area contributed by atoms with Gasteiger partial charge in [0.15, 0.2) is 0 Å². The van der Waals surface area contributed by atoms with Crippen LogP contribution in [0.15, 0.2) is 53.4 Å². The van der Waals surface area contributed by atoms with Gasteiger partial charge < -0.3 is 10.2 Å². The number of hydrogen-bond donors (Lipinski definition) is 1. The molecule has 2 aromatic carbocycles. The standard InChI is InChI=1S/C23H30ClN3O3S/c1-26(19-10-5-4-6-11-19)15-9-14-25-23(28)21-18-20(12-13-22(21)24)31(29,30)27-16-7-2-3-8-17-27/h4-6,10-13,18H,2-3,7-9,14-17H2,1H3,(H,25,28). The maximum Gasteiger partial charge on any atom is 0.252 e. The van der Waals surface area contributed by atoms with Crippen molar-refractivity contribution < 1.29 is 13.2 Å². The van der Waals surface area contributed by atoms with Gasteiger partial charge in [-0.1, -0.05) is 42.6 Å². The van der Waals surface area contributed by atoms with Crippen molar-refractivity contribution in [2.75, 3.05) is 38.1 Å². The molecule has 168 valence electrons. The summed E-state index contributed by atoms with van der Waals surface area (Å²) in [5.41, 5.74) is 1.30. The second-order valence-electron chi connectivity index (χ2n) is 7.83. The van der Waals surface area contributed by atoms with Crippen molar-refractivity contribution in [1.82, 2.24) is 9.62 Å². The van der Waals surface area contributed by atoms with Gasteiger partial charge in [-0.2, -0.15) is 4.31 Å². The topological polar surface area (TPSA) is 69.7 Å². The number of nitrogens with one attached hydrogen (secondary N) is 1. The lowest BCUT2D eigenvalue weighted by Gasteiger charge is -2.20. The van der Waals surface area contributed by atoms with Crippen molar-refractivity contribution in [3.8, 4) is 0 Å². The second kappa shape index (κ2) is 11.0. The molecule has 1 aliphatic heterocycles. The molecule has 0 spiro atoms. The van der Waals surface area contributed by atoms with Crippen LogP contribution in [0.1, 0.15) is 42.5 Å². The van der Waals surface area contributed by atoms with Crippen LogP contribution in [0.2, 0.25) is 5.02 Å². The molecular weight excluding hydrogens is 434 g/mol. The Hall–Kier alpha value is -2.09. The van der Waals surface area contributed by atoms with E-state index in [-0.39, 0.29) is 21.4 Å². The van der Waals surface area contributed by atoms with Crippen LogP contribution >= 0.6 is 11.6 Å². The van der Waals surface area contributed by atoms with Gasteiger partial charge in [-0.15, -0.1) is 0 Å². The summed E-state index contributed by atoms with van der Waals surface area (Å²) in [6, 6.07) is 14.4. The highest BCUT2D eigenvalue weighted by atomic mass is 35.5. The summed E-state index contributed by atoms with van der Waals surface area (Å²) in [7, 11) is -1.63. The summed E-state index contributed by atoms with van der Waals surface area (Å²) in [4.78, 5) is 14.9. The molecule has 1 N–H and O–H groups in total. The Kier molecular flexibility index (Phi) is 8.35. The number of carbonyl (C=O) groups excluding carboxylic acids is 1. The quantitative estimate of drug-likeness (QED) is 0.597. The van der Waals surface area contributed by atoms with Gasteiger partial charge in [0.25, 0.3) is 5.91 Å². The van der Waals surface area contributed by atoms with Crippen LogP contribution in [0.3, 0.4) is 0 Å². The van der Waals surface area contributed by atoms with Gasteiger partial charge in [0.2, 0.25) is 10.0 Å². The SMILES string of the molecule is CN(CCCNC(=O)c1cc(S(=O)(=O)N2CCCCCC2)ccc1Cl)c1ccccc1. The number of amides is 1. The Balaban J connectivity index is 1.61. The number of para-hydroxylation sites is 1. The Morgan fingerprint density at radius 2 is 1.74 bits per heavy atom. The number of nitrogens with zero attached hydrogens (tertiary/aromatic N) is 2. The molecule has 3 rings (SSSR count). The molecule has 0 radical (unpaired) electrons. The van der Waals surface area contributed by atoms with Gasteiger partial charge in [-0.05, 0) is 49.6 Å². The number of anilines is 1. The monoisotopic (exact) mass is 463 g/mol. The number of rotatable bonds is 8. The zero-order valence-corrected chi connectivity index (χ0v) is 19.5. The minimum Gasteiger partial charge on any atom is -0.375 e. The minimum atomic E-state index is -3.64. The van der Waals surface area contributed by atoms with Crippen molar-refractivity contribution in [3.63, 3.8) is 0 Å². The molecule has 0 aliphatic carbocycles. The first-order valence-corrected chi connectivity index (χ1v) is 12.6. The van der Waals surface area contributed by atoms with E-state index >= 15 is 0 Å². The average molecular weight is 464 g/mol. The van der Waals surface area contributed by atoms with Crippen molar-refractivity contribution in [2.24, 2.45) is 0 Å². The molecule has 1 heterocycles. The molecule has 1 fully saturated rings. The maximum atomic E-state index is 13.0. The molecule has 6 nitrogen and oxygen atoms in total. The van der Waals surface area contributed by atoms with Crippen LogP contribution < -0.4 is 10.2 Å². The van der Waals surface area contributed by atoms with E-state index in [9.17, 15) is 13.2 Å². The average Bonchev–Trinajstić information content (AvgIpc) is 3.07. The molecule has 0 aromatic heterocycles. The first-order valence-electron chi connectivity index (χ1n) is 10.7. The fourth-order valence-corrected chi connectivity index (χ4v) is 5.44. The van der Waals surface area contributed by atoms with E-state index in [4.69, 9.17) is 11.6 Å². The summed E-state index contributed by atoms with van der Waals surface area (Å²) in [6.45, 7) is 2.28. The molecule has 1 amide bonds. The zero-order chi connectivity index (χ0) is 22.3. The summed E-state index contributed by atoms with van der Waals surface area (Å²) >= 11 is 6.22. The zero-order valence-electron chi connectivity index (χ0n) is 17.9. The van der Waals surface area contributed by atoms with Gasteiger partial charge in [-0.25, -0.2) is 8.42 Å². The summed E-state index contributed by atoms with van der Waals surface area (Å²) < 4.78 is 27.6. The normalized spacial score (nSPS) is 15.3. The number of sulfonamides is 1. The summed E-state index contributed by atoms with van der Waals surface area (Å²) in [5.74, 6) is -0.361. The smallest absolute Gasteiger partial charge is 0.252 e. The van der Waals surface area contributed by atoms with Gasteiger partial charge >= 0.3 is 0 Å². The van der Waals surface area contributed by atoms with Crippen molar-refractivity contribution in [2.45, 2.75) is 37.0 Å². The molecule has 31 heavy (non-hydrogen) atoms. The van der Waals surface area contributed by atoms with E-state index in [0.717, 1.165) is 44.3 Å². The fourth-order valence-electron chi connectivity index (χ4n) is 3.69. The lowest BCUT2D eigenvalue weighted by atomic mass is 10.2. The van der Waals surface area contributed by atoms with E-state index in [1.54, 1.807) is 0 Å². The molecule has 0 bridgehead atoms. The van der Waals surface area contributed by atoms with Crippen molar-refractivity contribution >= 4 is 33.2 Å². The van der Waals surface area contributed by atoms with Gasteiger partial charge in [0.1, 0.15) is 0 Å². The highest BCUT2D eigenvalue weighted by Crippen LogP contribution is 2.25. The summed E-state index contributed by atoms with van der Waals surface area (Å²) in [5, 5.41) is 3.10. The molecular formula is C23H30ClN3O3S. The van der Waals surface area contributed by atoms with Crippen LogP contribution in [0.4, 0.5) is 5.69 Å². The number of benzene rings is 2. The molecule has 2 aromatic rings. The number of halogens is 1. The molecule has 0 unspecified atom stereocenters. The molecule has 0 atom stereocenters. The van der Waals surface area contributed by atoms with Crippen molar-refractivity contribution in [1.29, 1.82) is 0 Å². The highest BCUT2D eigenvalue weighted by molar-refractivity contribution is 7.89. The van der Waals surface area contributed by atoms with E-state index in [0.29, 0.717) is 19.6 Å².